The molecule has 1 aliphatic carbocycles. The van der Waals surface area contributed by atoms with Gasteiger partial charge in [0.2, 0.25) is 17.8 Å². The maximum atomic E-state index is 15.1. The van der Waals surface area contributed by atoms with E-state index >= 15 is 4.39 Å². The van der Waals surface area contributed by atoms with Crippen LogP contribution in [0.4, 0.5) is 35.1 Å². The number of carbonyl (C=O) groups is 2. The SMILES string of the molecule is CC(C)(CNCC(N)=O)CNC(=O)c1ccc(Nc2nc(NC3(c4ccc(Cl)cc4)CC3)nc(OCC(F)(F)F)n2)c(F)c1. The highest BCUT2D eigenvalue weighted by Gasteiger charge is 2.45. The first-order valence-corrected chi connectivity index (χ1v) is 13.8. The van der Waals surface area contributed by atoms with Crippen LogP contribution in [0.3, 0.4) is 0 Å². The molecule has 4 rings (SSSR count). The minimum absolute atomic E-state index is 0.00499. The van der Waals surface area contributed by atoms with Crippen LogP contribution >= 0.6 is 11.6 Å². The van der Waals surface area contributed by atoms with E-state index in [1.807, 2.05) is 26.0 Å². The number of aromatic nitrogens is 3. The van der Waals surface area contributed by atoms with Gasteiger partial charge in [-0.05, 0) is 54.2 Å². The molecule has 0 spiro atoms. The lowest BCUT2D eigenvalue weighted by atomic mass is 9.93. The van der Waals surface area contributed by atoms with Crippen molar-refractivity contribution in [3.63, 3.8) is 0 Å². The summed E-state index contributed by atoms with van der Waals surface area (Å²) in [5.41, 5.74) is 4.87. The second-order valence-corrected chi connectivity index (χ2v) is 11.6. The first kappa shape index (κ1) is 32.7. The van der Waals surface area contributed by atoms with Crippen molar-refractivity contribution in [2.75, 3.05) is 36.9 Å². The Morgan fingerprint density at radius 3 is 2.32 bits per heavy atom. The molecule has 2 amide bonds. The number of anilines is 3. The number of alkyl halides is 3. The Hall–Kier alpha value is -4.24. The Morgan fingerprint density at radius 1 is 1.02 bits per heavy atom. The zero-order valence-corrected chi connectivity index (χ0v) is 24.6. The molecule has 0 radical (unpaired) electrons. The van der Waals surface area contributed by atoms with Crippen LogP contribution in [0.25, 0.3) is 0 Å². The molecule has 1 fully saturated rings. The molecule has 3 aromatic rings. The number of amides is 2. The van der Waals surface area contributed by atoms with Gasteiger partial charge in [0.15, 0.2) is 6.61 Å². The summed E-state index contributed by atoms with van der Waals surface area (Å²) in [4.78, 5) is 35.6. The molecule has 0 unspecified atom stereocenters. The Balaban J connectivity index is 1.48. The predicted octanol–water partition coefficient (Wildman–Crippen LogP) is 4.28. The minimum Gasteiger partial charge on any atom is -0.454 e. The lowest BCUT2D eigenvalue weighted by molar-refractivity contribution is -0.154. The van der Waals surface area contributed by atoms with Gasteiger partial charge in [0.1, 0.15) is 5.82 Å². The monoisotopic (exact) mass is 638 g/mol. The van der Waals surface area contributed by atoms with Gasteiger partial charge < -0.3 is 31.7 Å². The average molecular weight is 639 g/mol. The highest BCUT2D eigenvalue weighted by Crippen LogP contribution is 2.48. The Labute approximate surface area is 255 Å². The van der Waals surface area contributed by atoms with Crippen LogP contribution in [-0.2, 0) is 10.3 Å². The van der Waals surface area contributed by atoms with Crippen LogP contribution in [0.1, 0.15) is 42.6 Å². The summed E-state index contributed by atoms with van der Waals surface area (Å²) in [6, 6.07) is 10.1. The van der Waals surface area contributed by atoms with Crippen LogP contribution in [0.5, 0.6) is 6.01 Å². The van der Waals surface area contributed by atoms with Crippen molar-refractivity contribution in [1.82, 2.24) is 25.6 Å². The Morgan fingerprint density at radius 2 is 1.70 bits per heavy atom. The van der Waals surface area contributed by atoms with Crippen molar-refractivity contribution in [2.24, 2.45) is 11.1 Å². The van der Waals surface area contributed by atoms with Crippen LogP contribution in [-0.4, -0.2) is 59.2 Å². The fourth-order valence-electron chi connectivity index (χ4n) is 4.16. The standard InChI is InChI=1S/C28H31ClF4N8O3/c1-26(2,13-35-12-21(34)42)14-36-22(43)16-3-8-20(19(30)11-16)37-23-38-24(40-25(39-23)44-15-28(31,32)33)41-27(9-10-27)17-4-6-18(29)7-5-17/h3-8,11,35H,9-10,12-15H2,1-2H3,(H2,34,42)(H,36,43)(H2,37,38,39,40,41). The lowest BCUT2D eigenvalue weighted by Crippen LogP contribution is -2.42. The average Bonchev–Trinajstić information content (AvgIpc) is 3.71. The van der Waals surface area contributed by atoms with Gasteiger partial charge in [-0.15, -0.1) is 0 Å². The number of ether oxygens (including phenoxy) is 1. The molecule has 0 bridgehead atoms. The zero-order valence-electron chi connectivity index (χ0n) is 23.8. The van der Waals surface area contributed by atoms with E-state index in [2.05, 4.69) is 36.2 Å². The number of nitrogens with two attached hydrogens (primary N) is 1. The quantitative estimate of drug-likeness (QED) is 0.163. The van der Waals surface area contributed by atoms with Crippen LogP contribution in [0.15, 0.2) is 42.5 Å². The maximum absolute atomic E-state index is 15.1. The highest BCUT2D eigenvalue weighted by atomic mass is 35.5. The first-order valence-electron chi connectivity index (χ1n) is 13.5. The van der Waals surface area contributed by atoms with Crippen LogP contribution in [0, 0.1) is 11.2 Å². The third-order valence-corrected chi connectivity index (χ3v) is 6.84. The topological polar surface area (TPSA) is 156 Å². The number of benzene rings is 2. The van der Waals surface area contributed by atoms with Gasteiger partial charge in [-0.25, -0.2) is 4.39 Å². The van der Waals surface area contributed by atoms with E-state index in [1.165, 1.54) is 12.1 Å². The second kappa shape index (κ2) is 13.2. The molecule has 2 aromatic carbocycles. The van der Waals surface area contributed by atoms with Gasteiger partial charge in [-0.3, -0.25) is 9.59 Å². The number of rotatable bonds is 14. The molecule has 11 nitrogen and oxygen atoms in total. The summed E-state index contributed by atoms with van der Waals surface area (Å²) in [5, 5.41) is 11.9. The van der Waals surface area contributed by atoms with Crippen LogP contribution < -0.4 is 31.7 Å². The third kappa shape index (κ3) is 9.38. The molecular weight excluding hydrogens is 608 g/mol. The molecule has 1 aromatic heterocycles. The molecule has 0 saturated heterocycles. The molecular formula is C28H31ClF4N8O3. The largest absolute Gasteiger partial charge is 0.454 e. The summed E-state index contributed by atoms with van der Waals surface area (Å²) >= 11 is 5.99. The summed E-state index contributed by atoms with van der Waals surface area (Å²) in [6.07, 6.45) is -3.26. The normalized spacial score (nSPS) is 14.1. The van der Waals surface area contributed by atoms with E-state index in [-0.39, 0.29) is 36.2 Å². The number of hydrogen-bond acceptors (Lipinski definition) is 9. The summed E-state index contributed by atoms with van der Waals surface area (Å²) in [7, 11) is 0. The van der Waals surface area contributed by atoms with Gasteiger partial charge in [-0.1, -0.05) is 37.6 Å². The number of nitrogens with one attached hydrogen (secondary N) is 4. The van der Waals surface area contributed by atoms with Gasteiger partial charge in [0.25, 0.3) is 5.91 Å². The first-order chi connectivity index (χ1) is 20.6. The number of primary amides is 1. The number of nitrogens with zero attached hydrogens (tertiary/aromatic N) is 3. The molecule has 1 saturated carbocycles. The zero-order chi connectivity index (χ0) is 32.1. The fourth-order valence-corrected chi connectivity index (χ4v) is 4.29. The van der Waals surface area contributed by atoms with Gasteiger partial charge in [-0.2, -0.15) is 28.1 Å². The fraction of sp³-hybridized carbons (Fsp3) is 0.393. The molecule has 16 heteroatoms. The van der Waals surface area contributed by atoms with E-state index in [4.69, 9.17) is 22.1 Å². The van der Waals surface area contributed by atoms with Crippen molar-refractivity contribution in [3.8, 4) is 6.01 Å². The van der Waals surface area contributed by atoms with Crippen LogP contribution in [0.2, 0.25) is 5.02 Å². The van der Waals surface area contributed by atoms with Crippen molar-refractivity contribution in [3.05, 3.63) is 64.4 Å². The van der Waals surface area contributed by atoms with Gasteiger partial charge in [0, 0.05) is 23.7 Å². The van der Waals surface area contributed by atoms with Gasteiger partial charge >= 0.3 is 12.2 Å². The Kier molecular flexibility index (Phi) is 9.78. The number of hydrogen-bond donors (Lipinski definition) is 5. The molecule has 1 heterocycles. The van der Waals surface area contributed by atoms with Crippen molar-refractivity contribution in [1.29, 1.82) is 0 Å². The lowest BCUT2D eigenvalue weighted by Gasteiger charge is -2.25. The van der Waals surface area contributed by atoms with Crippen molar-refractivity contribution < 1.29 is 31.9 Å². The van der Waals surface area contributed by atoms with Crippen molar-refractivity contribution >= 4 is 41.0 Å². The second-order valence-electron chi connectivity index (χ2n) is 11.1. The summed E-state index contributed by atoms with van der Waals surface area (Å²) in [5.74, 6) is -2.25. The molecule has 0 aliphatic heterocycles. The predicted molar refractivity (Wildman–Crippen MR) is 155 cm³/mol. The third-order valence-electron chi connectivity index (χ3n) is 6.59. The van der Waals surface area contributed by atoms with Gasteiger partial charge in [0.05, 0.1) is 17.8 Å². The van der Waals surface area contributed by atoms with E-state index in [1.54, 1.807) is 12.1 Å². The summed E-state index contributed by atoms with van der Waals surface area (Å²) in [6.45, 7) is 2.69. The molecule has 1 aliphatic rings. The van der Waals surface area contributed by atoms with E-state index in [0.29, 0.717) is 24.4 Å². The molecule has 6 N–H and O–H groups in total. The van der Waals surface area contributed by atoms with E-state index < -0.39 is 47.4 Å². The van der Waals surface area contributed by atoms with E-state index in [9.17, 15) is 22.8 Å². The smallest absolute Gasteiger partial charge is 0.422 e. The Bertz CT molecular complexity index is 1500. The number of halogens is 5. The highest BCUT2D eigenvalue weighted by molar-refractivity contribution is 6.30. The molecule has 44 heavy (non-hydrogen) atoms. The molecule has 236 valence electrons. The number of carbonyl (C=O) groups excluding carboxylic acids is 2. The molecule has 0 atom stereocenters. The van der Waals surface area contributed by atoms with E-state index in [0.717, 1.165) is 11.6 Å². The summed E-state index contributed by atoms with van der Waals surface area (Å²) < 4.78 is 58.4. The van der Waals surface area contributed by atoms with Crippen molar-refractivity contribution in [2.45, 2.75) is 38.4 Å². The minimum atomic E-state index is -4.65. The maximum Gasteiger partial charge on any atom is 0.422 e.